The van der Waals surface area contributed by atoms with Crippen molar-refractivity contribution in [1.29, 1.82) is 0 Å². The lowest BCUT2D eigenvalue weighted by atomic mass is 9.96. The molecule has 1 aliphatic heterocycles. The van der Waals surface area contributed by atoms with Crippen LogP contribution in [0.1, 0.15) is 53.9 Å². The topological polar surface area (TPSA) is 88.3 Å². The van der Waals surface area contributed by atoms with E-state index in [4.69, 9.17) is 5.10 Å². The fraction of sp³-hybridized carbons (Fsp3) is 0.500. The second kappa shape index (κ2) is 6.56. The van der Waals surface area contributed by atoms with E-state index >= 15 is 0 Å². The summed E-state index contributed by atoms with van der Waals surface area (Å²) in [5.41, 5.74) is 1.94. The summed E-state index contributed by atoms with van der Waals surface area (Å²) in [6, 6.07) is 4.00. The van der Waals surface area contributed by atoms with Crippen molar-refractivity contribution < 1.29 is 4.79 Å². The van der Waals surface area contributed by atoms with Crippen molar-refractivity contribution in [2.45, 2.75) is 44.4 Å². The Morgan fingerprint density at radius 3 is 2.67 bits per heavy atom. The molecule has 0 atom stereocenters. The van der Waals surface area contributed by atoms with Gasteiger partial charge in [-0.15, -0.1) is 21.5 Å². The monoisotopic (exact) mass is 383 g/mol. The molecule has 2 aliphatic rings. The zero-order chi connectivity index (χ0) is 18.4. The number of nitrogens with zero attached hydrogens (tertiary/aromatic N) is 6. The van der Waals surface area contributed by atoms with Crippen LogP contribution in [-0.2, 0) is 0 Å². The number of piperidine rings is 1. The lowest BCUT2D eigenvalue weighted by molar-refractivity contribution is 0.193. The standard InChI is InChI=1S/C18H21N7OS/c1-11-10-19-17(27-11)20-18(26)24-8-6-13(7-9-24)16-22-21-15-5-4-14(12-2-3-12)23-25(15)16/h4-5,10,12-13H,2-3,6-9H2,1H3,(H,19,20,26). The Morgan fingerprint density at radius 2 is 1.96 bits per heavy atom. The smallest absolute Gasteiger partial charge is 0.323 e. The van der Waals surface area contributed by atoms with Gasteiger partial charge in [0.05, 0.1) is 5.69 Å². The third-order valence-electron chi connectivity index (χ3n) is 5.29. The van der Waals surface area contributed by atoms with Gasteiger partial charge in [0.15, 0.2) is 16.6 Å². The van der Waals surface area contributed by atoms with E-state index in [0.717, 1.165) is 34.9 Å². The molecule has 1 aliphatic carbocycles. The summed E-state index contributed by atoms with van der Waals surface area (Å²) in [7, 11) is 0. The Balaban J connectivity index is 1.27. The highest BCUT2D eigenvalue weighted by molar-refractivity contribution is 7.15. The molecule has 4 heterocycles. The fourth-order valence-corrected chi connectivity index (χ4v) is 4.25. The summed E-state index contributed by atoms with van der Waals surface area (Å²) in [5.74, 6) is 1.79. The molecule has 5 rings (SSSR count). The molecule has 0 radical (unpaired) electrons. The van der Waals surface area contributed by atoms with Crippen LogP contribution in [0, 0.1) is 6.92 Å². The third kappa shape index (κ3) is 3.27. The molecule has 1 saturated carbocycles. The fourth-order valence-electron chi connectivity index (χ4n) is 3.59. The average Bonchev–Trinajstić information content (AvgIpc) is 3.33. The van der Waals surface area contributed by atoms with Gasteiger partial charge in [0.1, 0.15) is 0 Å². The van der Waals surface area contributed by atoms with Gasteiger partial charge in [-0.1, -0.05) is 0 Å². The van der Waals surface area contributed by atoms with Crippen LogP contribution in [0.5, 0.6) is 0 Å². The molecule has 3 aromatic heterocycles. The SMILES string of the molecule is Cc1cnc(NC(=O)N2CCC(c3nnc4ccc(C5CC5)nn34)CC2)s1. The maximum atomic E-state index is 12.4. The zero-order valence-electron chi connectivity index (χ0n) is 15.1. The van der Waals surface area contributed by atoms with Gasteiger partial charge >= 0.3 is 6.03 Å². The molecule has 2 fully saturated rings. The molecule has 0 spiro atoms. The lowest BCUT2D eigenvalue weighted by Gasteiger charge is -2.30. The van der Waals surface area contributed by atoms with E-state index < -0.39 is 0 Å². The number of carbonyl (C=O) groups is 1. The summed E-state index contributed by atoms with van der Waals surface area (Å²) >= 11 is 1.49. The molecule has 0 unspecified atom stereocenters. The van der Waals surface area contributed by atoms with Crippen LogP contribution in [-0.4, -0.2) is 48.8 Å². The first-order valence-electron chi connectivity index (χ1n) is 9.38. The Bertz CT molecular complexity index is 985. The zero-order valence-corrected chi connectivity index (χ0v) is 15.9. The van der Waals surface area contributed by atoms with Crippen LogP contribution in [0.2, 0.25) is 0 Å². The summed E-state index contributed by atoms with van der Waals surface area (Å²) in [6.45, 7) is 3.36. The molecule has 27 heavy (non-hydrogen) atoms. The third-order valence-corrected chi connectivity index (χ3v) is 6.11. The number of hydrogen-bond acceptors (Lipinski definition) is 6. The van der Waals surface area contributed by atoms with Gasteiger partial charge in [-0.25, -0.2) is 9.78 Å². The highest BCUT2D eigenvalue weighted by Crippen LogP contribution is 2.39. The Labute approximate surface area is 160 Å². The molecule has 8 nitrogen and oxygen atoms in total. The summed E-state index contributed by atoms with van der Waals surface area (Å²) in [4.78, 5) is 19.6. The normalized spacial score (nSPS) is 18.2. The number of likely N-dealkylation sites (tertiary alicyclic amines) is 1. The van der Waals surface area contributed by atoms with Crippen LogP contribution < -0.4 is 5.32 Å². The first-order chi connectivity index (χ1) is 13.2. The van der Waals surface area contributed by atoms with E-state index in [1.807, 2.05) is 22.4 Å². The molecule has 140 valence electrons. The first kappa shape index (κ1) is 16.6. The van der Waals surface area contributed by atoms with Gasteiger partial charge in [-0.05, 0) is 44.7 Å². The first-order valence-corrected chi connectivity index (χ1v) is 10.2. The van der Waals surface area contributed by atoms with Crippen molar-refractivity contribution in [3.05, 3.63) is 34.7 Å². The number of amides is 2. The Morgan fingerprint density at radius 1 is 1.15 bits per heavy atom. The number of carbonyl (C=O) groups excluding carboxylic acids is 1. The van der Waals surface area contributed by atoms with Crippen molar-refractivity contribution in [3.63, 3.8) is 0 Å². The maximum Gasteiger partial charge on any atom is 0.323 e. The Kier molecular flexibility index (Phi) is 4.04. The minimum Gasteiger partial charge on any atom is -0.324 e. The molecule has 0 aromatic carbocycles. The Hall–Kier alpha value is -2.55. The van der Waals surface area contributed by atoms with Crippen LogP contribution in [0.3, 0.4) is 0 Å². The maximum absolute atomic E-state index is 12.4. The molecule has 1 saturated heterocycles. The number of aryl methyl sites for hydroxylation is 1. The van der Waals surface area contributed by atoms with Crippen LogP contribution >= 0.6 is 11.3 Å². The molecular formula is C18H21N7OS. The van der Waals surface area contributed by atoms with Gasteiger partial charge in [0.25, 0.3) is 0 Å². The number of anilines is 1. The predicted molar refractivity (Wildman–Crippen MR) is 102 cm³/mol. The number of urea groups is 1. The van der Waals surface area contributed by atoms with Crippen molar-refractivity contribution in [2.24, 2.45) is 0 Å². The van der Waals surface area contributed by atoms with Crippen LogP contribution in [0.4, 0.5) is 9.93 Å². The number of rotatable bonds is 3. The van der Waals surface area contributed by atoms with E-state index in [1.54, 1.807) is 6.20 Å². The van der Waals surface area contributed by atoms with Gasteiger partial charge in [-0.3, -0.25) is 5.32 Å². The largest absolute Gasteiger partial charge is 0.324 e. The van der Waals surface area contributed by atoms with Crippen molar-refractivity contribution in [1.82, 2.24) is 29.7 Å². The van der Waals surface area contributed by atoms with Crippen LogP contribution in [0.25, 0.3) is 5.65 Å². The second-order valence-corrected chi connectivity index (χ2v) is 8.56. The molecule has 3 aromatic rings. The lowest BCUT2D eigenvalue weighted by Crippen LogP contribution is -2.40. The van der Waals surface area contributed by atoms with E-state index in [1.165, 1.54) is 24.2 Å². The molecule has 9 heteroatoms. The highest BCUT2D eigenvalue weighted by atomic mass is 32.1. The van der Waals surface area contributed by atoms with Gasteiger partial charge in [0.2, 0.25) is 0 Å². The van der Waals surface area contributed by atoms with Crippen molar-refractivity contribution in [2.75, 3.05) is 18.4 Å². The van der Waals surface area contributed by atoms with Gasteiger partial charge < -0.3 is 4.90 Å². The van der Waals surface area contributed by atoms with Gasteiger partial charge in [-0.2, -0.15) is 9.61 Å². The second-order valence-electron chi connectivity index (χ2n) is 7.33. The number of thiazole rings is 1. The van der Waals surface area contributed by atoms with Crippen molar-refractivity contribution in [3.8, 4) is 0 Å². The number of hydrogen-bond donors (Lipinski definition) is 1. The molecule has 1 N–H and O–H groups in total. The predicted octanol–water partition coefficient (Wildman–Crippen LogP) is 3.18. The van der Waals surface area contributed by atoms with E-state index in [9.17, 15) is 4.79 Å². The average molecular weight is 383 g/mol. The highest BCUT2D eigenvalue weighted by Gasteiger charge is 2.29. The summed E-state index contributed by atoms with van der Waals surface area (Å²) < 4.78 is 1.91. The van der Waals surface area contributed by atoms with E-state index in [2.05, 4.69) is 26.6 Å². The van der Waals surface area contributed by atoms with Crippen molar-refractivity contribution >= 4 is 28.1 Å². The van der Waals surface area contributed by atoms with Gasteiger partial charge in [0, 0.05) is 36.0 Å². The minimum atomic E-state index is -0.0805. The minimum absolute atomic E-state index is 0.0805. The van der Waals surface area contributed by atoms with Crippen LogP contribution in [0.15, 0.2) is 18.3 Å². The molecular weight excluding hydrogens is 362 g/mol. The van der Waals surface area contributed by atoms with E-state index in [-0.39, 0.29) is 11.9 Å². The quantitative estimate of drug-likeness (QED) is 0.750. The number of aromatic nitrogens is 5. The summed E-state index contributed by atoms with van der Waals surface area (Å²) in [6.07, 6.45) is 5.94. The number of nitrogens with one attached hydrogen (secondary N) is 1. The van der Waals surface area contributed by atoms with E-state index in [0.29, 0.717) is 24.1 Å². The summed E-state index contributed by atoms with van der Waals surface area (Å²) in [5, 5.41) is 17.0. The molecule has 0 bridgehead atoms. The molecule has 2 amide bonds. The number of fused-ring (bicyclic) bond motifs is 1.